The summed E-state index contributed by atoms with van der Waals surface area (Å²) in [5, 5.41) is 12.8. The number of ether oxygens (including phenoxy) is 2. The van der Waals surface area contributed by atoms with Gasteiger partial charge in [-0.2, -0.15) is 0 Å². The normalized spacial score (nSPS) is 17.9. The molecule has 0 bridgehead atoms. The maximum Gasteiger partial charge on any atom is 0.337 e. The third kappa shape index (κ3) is 4.43. The highest BCUT2D eigenvalue weighted by molar-refractivity contribution is 14.2. The number of aryl methyl sites for hydroxylation is 2. The van der Waals surface area contributed by atoms with E-state index in [2.05, 4.69) is 44.2 Å². The smallest absolute Gasteiger partial charge is 0.337 e. The molecule has 6 rings (SSSR count). The number of aliphatic carboxylic acids is 1. The van der Waals surface area contributed by atoms with Crippen molar-refractivity contribution in [2.45, 2.75) is 76.9 Å². The van der Waals surface area contributed by atoms with Gasteiger partial charge in [-0.3, -0.25) is 0 Å². The molecule has 3 aromatic rings. The molecule has 6 heteroatoms. The second-order valence-corrected chi connectivity index (χ2v) is 16.0. The topological polar surface area (TPSA) is 55.8 Å². The molecule has 2 aliphatic heterocycles. The van der Waals surface area contributed by atoms with Crippen LogP contribution in [0.25, 0.3) is 21.9 Å². The summed E-state index contributed by atoms with van der Waals surface area (Å²) in [6.45, 7) is 10.7. The molecule has 3 aromatic carbocycles. The van der Waals surface area contributed by atoms with Gasteiger partial charge >= 0.3 is 5.97 Å². The highest BCUT2D eigenvalue weighted by Gasteiger charge is 2.36. The molecular weight excluding hydrogens is 595 g/mol. The number of fused-ring (bicyclic) bond motifs is 1. The molecule has 1 fully saturated rings. The molecule has 0 saturated heterocycles. The van der Waals surface area contributed by atoms with E-state index in [1.54, 1.807) is 2.84 Å². The quantitative estimate of drug-likeness (QED) is 0.289. The Kier molecular flexibility index (Phi) is 6.44. The van der Waals surface area contributed by atoms with Crippen molar-refractivity contribution in [3.63, 3.8) is 0 Å². The first-order chi connectivity index (χ1) is 17.6. The molecule has 1 saturated carbocycles. The Hall–Kier alpha value is -1.90. The predicted octanol–water partition coefficient (Wildman–Crippen LogP) is 8.18. The SMILES string of the molecule is Cc1cc2c(c(-c3ccc4c5c(ccc(C)c35)CCO4)c1[C@H](OC(C)(C)C)C(=O)O)SC(C1CCC1)=I2. The molecule has 1 N–H and O–H groups in total. The Balaban J connectivity index is 1.66. The third-order valence-electron chi connectivity index (χ3n) is 7.58. The highest BCUT2D eigenvalue weighted by Crippen LogP contribution is 2.54. The predicted molar refractivity (Wildman–Crippen MR) is 160 cm³/mol. The van der Waals surface area contributed by atoms with Gasteiger partial charge in [-0.15, -0.1) is 0 Å². The van der Waals surface area contributed by atoms with E-state index in [4.69, 9.17) is 9.47 Å². The van der Waals surface area contributed by atoms with Gasteiger partial charge in [0, 0.05) is 34.2 Å². The summed E-state index contributed by atoms with van der Waals surface area (Å²) in [6.07, 6.45) is 3.74. The standard InChI is InChI=1S/C31H33IO4S/c1-16-9-10-18-13-14-35-22-12-11-20(23(16)25(18)22)26-24(27(30(33)34)36-31(3,4)5)17(2)15-21-28(26)37-29(32-21)19-7-6-8-19/h9-12,15,19,27H,6-8,13-14H2,1-5H3,(H,33,34)/t27-/m0/s1. The summed E-state index contributed by atoms with van der Waals surface area (Å²) in [6, 6.07) is 10.9. The average Bonchev–Trinajstić information content (AvgIpc) is 3.20. The number of benzene rings is 3. The van der Waals surface area contributed by atoms with Gasteiger partial charge in [0.25, 0.3) is 0 Å². The number of rotatable bonds is 5. The van der Waals surface area contributed by atoms with E-state index >= 15 is 0 Å². The highest BCUT2D eigenvalue weighted by atomic mass is 127. The Morgan fingerprint density at radius 1 is 1.14 bits per heavy atom. The zero-order chi connectivity index (χ0) is 26.1. The number of halogens is 1. The lowest BCUT2D eigenvalue weighted by Gasteiger charge is -2.30. The number of carbonyl (C=O) groups is 1. The number of hydrogen-bond acceptors (Lipinski definition) is 4. The number of carboxylic acid groups (broad SMARTS) is 1. The van der Waals surface area contributed by atoms with Crippen LogP contribution in [0, 0.1) is 23.3 Å². The monoisotopic (exact) mass is 628 g/mol. The fourth-order valence-corrected chi connectivity index (χ4v) is 11.7. The van der Waals surface area contributed by atoms with Crippen LogP contribution in [-0.4, -0.2) is 26.1 Å². The molecule has 1 aliphatic carbocycles. The van der Waals surface area contributed by atoms with E-state index in [-0.39, 0.29) is 20.7 Å². The van der Waals surface area contributed by atoms with E-state index < -0.39 is 17.7 Å². The molecular formula is C31H33IO4S. The molecule has 1 atom stereocenters. The zero-order valence-corrected chi connectivity index (χ0v) is 25.0. The van der Waals surface area contributed by atoms with Crippen LogP contribution in [-0.2, 0) is 16.0 Å². The van der Waals surface area contributed by atoms with E-state index in [1.165, 1.54) is 49.6 Å². The van der Waals surface area contributed by atoms with Crippen molar-refractivity contribution in [2.24, 2.45) is 5.92 Å². The van der Waals surface area contributed by atoms with Gasteiger partial charge in [0.2, 0.25) is 0 Å². The Morgan fingerprint density at radius 3 is 2.59 bits per heavy atom. The largest absolute Gasteiger partial charge is 0.493 e. The van der Waals surface area contributed by atoms with Crippen LogP contribution < -0.4 is 4.74 Å². The van der Waals surface area contributed by atoms with Crippen LogP contribution in [0.5, 0.6) is 5.75 Å². The van der Waals surface area contributed by atoms with Crippen molar-refractivity contribution in [2.75, 3.05) is 6.61 Å². The Labute approximate surface area is 232 Å². The minimum absolute atomic E-state index is 0.230. The lowest BCUT2D eigenvalue weighted by Crippen LogP contribution is -2.28. The third-order valence-corrected chi connectivity index (χ3v) is 13.1. The fraction of sp³-hybridized carbons (Fsp3) is 0.419. The van der Waals surface area contributed by atoms with Gasteiger partial charge in [-0.05, 0) is 99.2 Å². The van der Waals surface area contributed by atoms with Crippen LogP contribution in [0.2, 0.25) is 0 Å². The fourth-order valence-electron chi connectivity index (χ4n) is 5.66. The van der Waals surface area contributed by atoms with Gasteiger partial charge < -0.3 is 14.6 Å². The second-order valence-electron chi connectivity index (χ2n) is 11.4. The second kappa shape index (κ2) is 9.38. The summed E-state index contributed by atoms with van der Waals surface area (Å²) in [5.41, 5.74) is 5.86. The molecule has 0 aromatic heterocycles. The molecule has 3 aliphatic rings. The van der Waals surface area contributed by atoms with Crippen LogP contribution in [0.1, 0.15) is 68.4 Å². The van der Waals surface area contributed by atoms with E-state index in [9.17, 15) is 9.90 Å². The van der Waals surface area contributed by atoms with Crippen molar-refractivity contribution >= 4 is 52.1 Å². The molecule has 2 heterocycles. The number of carboxylic acids is 1. The van der Waals surface area contributed by atoms with Crippen LogP contribution in [0.3, 0.4) is 0 Å². The van der Waals surface area contributed by atoms with Crippen molar-refractivity contribution in [3.8, 4) is 16.9 Å². The van der Waals surface area contributed by atoms with Crippen LogP contribution >= 0.6 is 32.5 Å². The van der Waals surface area contributed by atoms with E-state index in [1.807, 2.05) is 32.5 Å². The van der Waals surface area contributed by atoms with Gasteiger partial charge in [0.1, 0.15) is 5.75 Å². The van der Waals surface area contributed by atoms with E-state index in [0.717, 1.165) is 34.4 Å². The first kappa shape index (κ1) is 25.4. The zero-order valence-electron chi connectivity index (χ0n) is 22.0. The summed E-state index contributed by atoms with van der Waals surface area (Å²) < 4.78 is 15.4. The lowest BCUT2D eigenvalue weighted by molar-refractivity contribution is -0.160. The minimum atomic E-state index is -1.05. The Bertz CT molecular complexity index is 1470. The molecule has 0 spiro atoms. The van der Waals surface area contributed by atoms with E-state index in [0.29, 0.717) is 12.5 Å². The molecule has 194 valence electrons. The summed E-state index contributed by atoms with van der Waals surface area (Å²) in [5.74, 6) is 0.703. The number of thioether (sulfide) groups is 1. The molecule has 0 amide bonds. The molecule has 4 nitrogen and oxygen atoms in total. The van der Waals surface area contributed by atoms with Gasteiger partial charge in [-0.1, -0.05) is 51.0 Å². The average molecular weight is 629 g/mol. The lowest BCUT2D eigenvalue weighted by atomic mass is 9.86. The van der Waals surface area contributed by atoms with Gasteiger partial charge in [0.05, 0.1) is 12.2 Å². The summed E-state index contributed by atoms with van der Waals surface area (Å²) in [7, 11) is 0. The van der Waals surface area contributed by atoms with Gasteiger partial charge in [0.15, 0.2) is 6.10 Å². The van der Waals surface area contributed by atoms with Crippen LogP contribution in [0.4, 0.5) is 0 Å². The van der Waals surface area contributed by atoms with Crippen molar-refractivity contribution in [3.05, 3.63) is 56.2 Å². The maximum absolute atomic E-state index is 12.8. The van der Waals surface area contributed by atoms with Gasteiger partial charge in [-0.25, -0.2) is 4.79 Å². The Morgan fingerprint density at radius 2 is 1.92 bits per heavy atom. The first-order valence-electron chi connectivity index (χ1n) is 13.1. The summed E-state index contributed by atoms with van der Waals surface area (Å²) >= 11 is 1.71. The minimum Gasteiger partial charge on any atom is -0.493 e. The molecule has 0 unspecified atom stereocenters. The van der Waals surface area contributed by atoms with Crippen molar-refractivity contribution in [1.29, 1.82) is 0 Å². The molecule has 37 heavy (non-hydrogen) atoms. The maximum atomic E-state index is 12.8. The van der Waals surface area contributed by atoms with Crippen molar-refractivity contribution in [1.82, 2.24) is 0 Å². The first-order valence-corrected chi connectivity index (χ1v) is 16.1. The molecule has 0 radical (unpaired) electrons. The number of hydrogen-bond donors (Lipinski definition) is 1. The van der Waals surface area contributed by atoms with Crippen LogP contribution in [0.15, 0.2) is 35.2 Å². The summed E-state index contributed by atoms with van der Waals surface area (Å²) in [4.78, 5) is 14.0. The van der Waals surface area contributed by atoms with Crippen molar-refractivity contribution < 1.29 is 19.4 Å².